The van der Waals surface area contributed by atoms with Gasteiger partial charge in [-0.15, -0.1) is 0 Å². The van der Waals surface area contributed by atoms with Crippen LogP contribution in [0, 0.1) is 5.82 Å². The van der Waals surface area contributed by atoms with Crippen molar-refractivity contribution in [2.45, 2.75) is 39.7 Å². The maximum Gasteiger partial charge on any atom is 0.332 e. The summed E-state index contributed by atoms with van der Waals surface area (Å²) in [6.07, 6.45) is 1.50. The Balaban J connectivity index is 1.78. The lowest BCUT2D eigenvalue weighted by Gasteiger charge is -2.19. The first-order chi connectivity index (χ1) is 13.9. The molecule has 0 saturated carbocycles. The summed E-state index contributed by atoms with van der Waals surface area (Å²) in [7, 11) is 0. The van der Waals surface area contributed by atoms with Crippen molar-refractivity contribution >= 4 is 29.2 Å². The highest BCUT2D eigenvalue weighted by Gasteiger charge is 2.44. The van der Waals surface area contributed by atoms with Gasteiger partial charge in [-0.3, -0.25) is 19.4 Å². The molecule has 1 aliphatic heterocycles. The zero-order chi connectivity index (χ0) is 21.1. The van der Waals surface area contributed by atoms with Crippen LogP contribution in [0.4, 0.5) is 20.6 Å². The van der Waals surface area contributed by atoms with Gasteiger partial charge in [0.1, 0.15) is 18.4 Å². The standard InChI is InChI=1S/C22H24FN3O3/c1-4-15-7-6-8-16(5-2)20(15)24-19(27)13-25-21(28)14(3)26(22(25)29)18-11-9-17(23)10-12-18/h6-12,14H,4-5,13H2,1-3H3,(H,24,27)/t14-/m0/s1. The molecule has 1 atom stereocenters. The van der Waals surface area contributed by atoms with Crippen LogP contribution in [0.1, 0.15) is 31.9 Å². The molecule has 6 nitrogen and oxygen atoms in total. The Bertz CT molecular complexity index is 921. The Morgan fingerprint density at radius 2 is 1.62 bits per heavy atom. The second-order valence-electron chi connectivity index (χ2n) is 6.94. The van der Waals surface area contributed by atoms with E-state index in [0.29, 0.717) is 5.69 Å². The van der Waals surface area contributed by atoms with Gasteiger partial charge < -0.3 is 5.32 Å². The topological polar surface area (TPSA) is 69.7 Å². The highest BCUT2D eigenvalue weighted by molar-refractivity contribution is 6.16. The summed E-state index contributed by atoms with van der Waals surface area (Å²) >= 11 is 0. The number of urea groups is 1. The van der Waals surface area contributed by atoms with Crippen LogP contribution in [0.25, 0.3) is 0 Å². The summed E-state index contributed by atoms with van der Waals surface area (Å²) in [4.78, 5) is 40.3. The molecule has 152 valence electrons. The van der Waals surface area contributed by atoms with E-state index in [2.05, 4.69) is 5.32 Å². The van der Waals surface area contributed by atoms with Crippen molar-refractivity contribution in [2.75, 3.05) is 16.8 Å². The molecule has 3 rings (SSSR count). The number of hydrogen-bond acceptors (Lipinski definition) is 3. The van der Waals surface area contributed by atoms with Crippen LogP contribution in [-0.4, -0.2) is 35.3 Å². The fourth-order valence-electron chi connectivity index (χ4n) is 3.53. The van der Waals surface area contributed by atoms with E-state index < -0.39 is 29.7 Å². The molecule has 1 fully saturated rings. The number of halogens is 1. The number of aryl methyl sites for hydroxylation is 2. The van der Waals surface area contributed by atoms with Gasteiger partial charge in [0.15, 0.2) is 0 Å². The molecule has 0 spiro atoms. The first-order valence-electron chi connectivity index (χ1n) is 9.68. The predicted molar refractivity (Wildman–Crippen MR) is 109 cm³/mol. The van der Waals surface area contributed by atoms with Crippen molar-refractivity contribution in [3.8, 4) is 0 Å². The molecule has 29 heavy (non-hydrogen) atoms. The second kappa shape index (κ2) is 8.43. The number of rotatable bonds is 6. The Kier molecular flexibility index (Phi) is 5.96. The number of imide groups is 1. The Morgan fingerprint density at radius 1 is 1.03 bits per heavy atom. The van der Waals surface area contributed by atoms with Crippen LogP contribution in [0.3, 0.4) is 0 Å². The Hall–Kier alpha value is -3.22. The summed E-state index contributed by atoms with van der Waals surface area (Å²) in [6.45, 7) is 5.21. The molecule has 7 heteroatoms. The third-order valence-electron chi connectivity index (χ3n) is 5.12. The van der Waals surface area contributed by atoms with Gasteiger partial charge in [0.2, 0.25) is 5.91 Å². The zero-order valence-corrected chi connectivity index (χ0v) is 16.7. The van der Waals surface area contributed by atoms with Gasteiger partial charge in [-0.1, -0.05) is 32.0 Å². The Morgan fingerprint density at radius 3 is 2.17 bits per heavy atom. The van der Waals surface area contributed by atoms with Crippen molar-refractivity contribution < 1.29 is 18.8 Å². The van der Waals surface area contributed by atoms with Gasteiger partial charge in [0.25, 0.3) is 5.91 Å². The van der Waals surface area contributed by atoms with Crippen LogP contribution < -0.4 is 10.2 Å². The molecular weight excluding hydrogens is 373 g/mol. The summed E-state index contributed by atoms with van der Waals surface area (Å²) < 4.78 is 13.2. The van der Waals surface area contributed by atoms with Gasteiger partial charge in [-0.2, -0.15) is 0 Å². The molecule has 1 aliphatic rings. The monoisotopic (exact) mass is 397 g/mol. The van der Waals surface area contributed by atoms with Crippen LogP contribution in [0.5, 0.6) is 0 Å². The quantitative estimate of drug-likeness (QED) is 0.755. The van der Waals surface area contributed by atoms with Crippen LogP contribution in [-0.2, 0) is 22.4 Å². The number of para-hydroxylation sites is 1. The third-order valence-corrected chi connectivity index (χ3v) is 5.12. The normalized spacial score (nSPS) is 16.5. The molecule has 0 radical (unpaired) electrons. The van der Waals surface area contributed by atoms with Crippen LogP contribution in [0.2, 0.25) is 0 Å². The number of carbonyl (C=O) groups is 3. The number of carbonyl (C=O) groups excluding carboxylic acids is 3. The average molecular weight is 397 g/mol. The lowest BCUT2D eigenvalue weighted by molar-refractivity contribution is -0.130. The van der Waals surface area contributed by atoms with Gasteiger partial charge in [-0.25, -0.2) is 9.18 Å². The van der Waals surface area contributed by atoms with E-state index >= 15 is 0 Å². The fraction of sp³-hybridized carbons (Fsp3) is 0.318. The van der Waals surface area contributed by atoms with Crippen molar-refractivity contribution in [1.82, 2.24) is 4.90 Å². The van der Waals surface area contributed by atoms with E-state index in [1.54, 1.807) is 6.92 Å². The molecule has 4 amide bonds. The van der Waals surface area contributed by atoms with E-state index in [4.69, 9.17) is 0 Å². The van der Waals surface area contributed by atoms with Gasteiger partial charge in [-0.05, 0) is 55.2 Å². The SMILES string of the molecule is CCc1cccc(CC)c1NC(=O)CN1C(=O)[C@H](C)N(c2ccc(F)cc2)C1=O. The molecule has 1 N–H and O–H groups in total. The largest absolute Gasteiger partial charge is 0.332 e. The molecule has 2 aromatic carbocycles. The number of benzene rings is 2. The number of anilines is 2. The van der Waals surface area contributed by atoms with Gasteiger partial charge >= 0.3 is 6.03 Å². The average Bonchev–Trinajstić information content (AvgIpc) is 2.92. The Labute approximate surface area is 169 Å². The molecule has 0 bridgehead atoms. The molecule has 1 heterocycles. The molecule has 0 unspecified atom stereocenters. The molecular formula is C22H24FN3O3. The van der Waals surface area contributed by atoms with E-state index in [1.807, 2.05) is 32.0 Å². The van der Waals surface area contributed by atoms with Crippen molar-refractivity contribution in [3.05, 3.63) is 59.4 Å². The number of nitrogens with one attached hydrogen (secondary N) is 1. The highest BCUT2D eigenvalue weighted by atomic mass is 19.1. The minimum absolute atomic E-state index is 0.374. The van der Waals surface area contributed by atoms with Crippen molar-refractivity contribution in [2.24, 2.45) is 0 Å². The minimum Gasteiger partial charge on any atom is -0.324 e. The van der Waals surface area contributed by atoms with E-state index in [-0.39, 0.29) is 6.54 Å². The van der Waals surface area contributed by atoms with Crippen LogP contribution >= 0.6 is 0 Å². The van der Waals surface area contributed by atoms with Crippen LogP contribution in [0.15, 0.2) is 42.5 Å². The number of hydrogen-bond donors (Lipinski definition) is 1. The molecule has 2 aromatic rings. The maximum atomic E-state index is 13.2. The van der Waals surface area contributed by atoms with E-state index in [0.717, 1.165) is 34.6 Å². The van der Waals surface area contributed by atoms with Crippen molar-refractivity contribution in [1.29, 1.82) is 0 Å². The number of amides is 4. The summed E-state index contributed by atoms with van der Waals surface area (Å²) in [5.74, 6) is -1.33. The smallest absolute Gasteiger partial charge is 0.324 e. The minimum atomic E-state index is -0.769. The van der Waals surface area contributed by atoms with Gasteiger partial charge in [0, 0.05) is 11.4 Å². The molecule has 0 aliphatic carbocycles. The third kappa shape index (κ3) is 3.99. The first-order valence-corrected chi connectivity index (χ1v) is 9.68. The number of nitrogens with zero attached hydrogens (tertiary/aromatic N) is 2. The molecule has 1 saturated heterocycles. The predicted octanol–water partition coefficient (Wildman–Crippen LogP) is 3.75. The lowest BCUT2D eigenvalue weighted by atomic mass is 10.0. The summed E-state index contributed by atoms with van der Waals surface area (Å²) in [5, 5.41) is 2.87. The maximum absolute atomic E-state index is 13.2. The summed E-state index contributed by atoms with van der Waals surface area (Å²) in [6, 6.07) is 9.80. The zero-order valence-electron chi connectivity index (χ0n) is 16.7. The highest BCUT2D eigenvalue weighted by Crippen LogP contribution is 2.27. The second-order valence-corrected chi connectivity index (χ2v) is 6.94. The molecule has 0 aromatic heterocycles. The lowest BCUT2D eigenvalue weighted by Crippen LogP contribution is -2.39. The summed E-state index contributed by atoms with van der Waals surface area (Å²) in [5.41, 5.74) is 3.14. The van der Waals surface area contributed by atoms with Crippen molar-refractivity contribution in [3.63, 3.8) is 0 Å². The van der Waals surface area contributed by atoms with E-state index in [9.17, 15) is 18.8 Å². The fourth-order valence-corrected chi connectivity index (χ4v) is 3.53. The van der Waals surface area contributed by atoms with Gasteiger partial charge in [0.05, 0.1) is 0 Å². The van der Waals surface area contributed by atoms with E-state index in [1.165, 1.54) is 29.2 Å². The first kappa shape index (κ1) is 20.5.